The predicted molar refractivity (Wildman–Crippen MR) is 71.9 cm³/mol. The van der Waals surface area contributed by atoms with E-state index in [-0.39, 0.29) is 12.4 Å². The first-order valence-electron chi connectivity index (χ1n) is 5.98. The average molecular weight is 252 g/mol. The molecule has 0 unspecified atom stereocenters. The summed E-state index contributed by atoms with van der Waals surface area (Å²) in [5.41, 5.74) is 2.66. The molecule has 3 aromatic rings. The lowest BCUT2D eigenvalue weighted by Crippen LogP contribution is -2.07. The van der Waals surface area contributed by atoms with Crippen LogP contribution in [-0.2, 0) is 6.61 Å². The van der Waals surface area contributed by atoms with E-state index in [1.165, 1.54) is 0 Å². The van der Waals surface area contributed by atoms with E-state index in [1.54, 1.807) is 24.3 Å². The molecule has 2 N–H and O–H groups in total. The largest absolute Gasteiger partial charge is 0.392 e. The van der Waals surface area contributed by atoms with Crippen LogP contribution in [0.1, 0.15) is 21.7 Å². The number of benzene rings is 2. The Kier molecular flexibility index (Phi) is 2.85. The molecule has 0 atom stereocenters. The molecule has 1 aromatic heterocycles. The number of nitrogens with zero attached hydrogens (tertiary/aromatic N) is 1. The summed E-state index contributed by atoms with van der Waals surface area (Å²) in [6.45, 7) is -0.165. The number of rotatable bonds is 3. The molecule has 0 spiro atoms. The summed E-state index contributed by atoms with van der Waals surface area (Å²) in [5, 5.41) is 9.27. The van der Waals surface area contributed by atoms with Crippen LogP contribution in [-0.4, -0.2) is 20.9 Å². The molecule has 0 aliphatic carbocycles. The summed E-state index contributed by atoms with van der Waals surface area (Å²) in [6, 6.07) is 14.5. The molecule has 0 fully saturated rings. The maximum atomic E-state index is 12.4. The van der Waals surface area contributed by atoms with Crippen LogP contribution in [0.15, 0.2) is 48.5 Å². The normalized spacial score (nSPS) is 10.8. The Balaban J connectivity index is 2.08. The lowest BCUT2D eigenvalue weighted by Gasteiger charge is -2.03. The number of para-hydroxylation sites is 2. The highest BCUT2D eigenvalue weighted by atomic mass is 16.3. The van der Waals surface area contributed by atoms with Crippen LogP contribution < -0.4 is 0 Å². The maximum Gasteiger partial charge on any atom is 0.228 e. The molecule has 4 nitrogen and oxygen atoms in total. The van der Waals surface area contributed by atoms with Crippen LogP contribution in [0.25, 0.3) is 11.0 Å². The Labute approximate surface area is 109 Å². The van der Waals surface area contributed by atoms with Gasteiger partial charge in [0.25, 0.3) is 0 Å². The summed E-state index contributed by atoms with van der Waals surface area (Å²) < 4.78 is 0. The number of aliphatic hydroxyl groups excluding tert-OH is 1. The first-order chi connectivity index (χ1) is 9.29. The van der Waals surface area contributed by atoms with Crippen molar-refractivity contribution in [1.29, 1.82) is 0 Å². The zero-order valence-electron chi connectivity index (χ0n) is 10.1. The quantitative estimate of drug-likeness (QED) is 0.703. The fraction of sp³-hybridized carbons (Fsp3) is 0.0667. The van der Waals surface area contributed by atoms with Gasteiger partial charge < -0.3 is 10.1 Å². The van der Waals surface area contributed by atoms with E-state index >= 15 is 0 Å². The third kappa shape index (κ3) is 2.02. The number of fused-ring (bicyclic) bond motifs is 1. The Morgan fingerprint density at radius 3 is 2.63 bits per heavy atom. The van der Waals surface area contributed by atoms with E-state index in [9.17, 15) is 9.90 Å². The molecular formula is C15H12N2O2. The second kappa shape index (κ2) is 4.66. The fourth-order valence-electron chi connectivity index (χ4n) is 2.07. The number of carbonyl (C=O) groups excluding carboxylic acids is 1. The van der Waals surface area contributed by atoms with Crippen molar-refractivity contribution >= 4 is 16.8 Å². The van der Waals surface area contributed by atoms with Gasteiger partial charge in [0, 0.05) is 5.56 Å². The summed E-state index contributed by atoms with van der Waals surface area (Å²) in [4.78, 5) is 19.7. The van der Waals surface area contributed by atoms with E-state index < -0.39 is 0 Å². The smallest absolute Gasteiger partial charge is 0.228 e. The van der Waals surface area contributed by atoms with Gasteiger partial charge in [-0.05, 0) is 17.7 Å². The van der Waals surface area contributed by atoms with E-state index in [1.807, 2.05) is 24.3 Å². The molecule has 4 heteroatoms. The Bertz CT molecular complexity index is 713. The van der Waals surface area contributed by atoms with Gasteiger partial charge in [-0.25, -0.2) is 4.98 Å². The summed E-state index contributed by atoms with van der Waals surface area (Å²) >= 11 is 0. The first-order valence-corrected chi connectivity index (χ1v) is 5.98. The summed E-state index contributed by atoms with van der Waals surface area (Å²) in [7, 11) is 0. The van der Waals surface area contributed by atoms with Gasteiger partial charge in [0.05, 0.1) is 17.6 Å². The van der Waals surface area contributed by atoms with Crippen LogP contribution in [0.2, 0.25) is 0 Å². The highest BCUT2D eigenvalue weighted by Crippen LogP contribution is 2.16. The number of ketones is 1. The van der Waals surface area contributed by atoms with Crippen LogP contribution >= 0.6 is 0 Å². The second-order valence-corrected chi connectivity index (χ2v) is 4.25. The van der Waals surface area contributed by atoms with E-state index in [0.717, 1.165) is 11.0 Å². The number of nitrogens with one attached hydrogen (secondary N) is 1. The number of aromatic nitrogens is 2. The van der Waals surface area contributed by atoms with Gasteiger partial charge in [-0.1, -0.05) is 36.4 Å². The minimum Gasteiger partial charge on any atom is -0.392 e. The molecule has 94 valence electrons. The van der Waals surface area contributed by atoms with Gasteiger partial charge in [0.2, 0.25) is 5.78 Å². The molecule has 19 heavy (non-hydrogen) atoms. The molecule has 2 aromatic carbocycles. The maximum absolute atomic E-state index is 12.4. The molecule has 0 radical (unpaired) electrons. The van der Waals surface area contributed by atoms with Crippen LogP contribution in [0.5, 0.6) is 0 Å². The summed E-state index contributed by atoms with van der Waals surface area (Å²) in [6.07, 6.45) is 0. The molecule has 0 bridgehead atoms. The lowest BCUT2D eigenvalue weighted by atomic mass is 10.0. The Hall–Kier alpha value is -2.46. The lowest BCUT2D eigenvalue weighted by molar-refractivity contribution is 0.102. The fourth-order valence-corrected chi connectivity index (χ4v) is 2.07. The first kappa shape index (κ1) is 11.6. The SMILES string of the molecule is O=C(c1nc2ccccc2[nH]1)c1ccccc1CO. The minimum absolute atomic E-state index is 0.165. The molecule has 0 amide bonds. The van der Waals surface area contributed by atoms with E-state index in [2.05, 4.69) is 9.97 Å². The van der Waals surface area contributed by atoms with Crippen molar-refractivity contribution in [3.8, 4) is 0 Å². The topological polar surface area (TPSA) is 66.0 Å². The van der Waals surface area contributed by atoms with E-state index in [0.29, 0.717) is 17.0 Å². The zero-order chi connectivity index (χ0) is 13.2. The number of carbonyl (C=O) groups is 1. The molecule has 3 rings (SSSR count). The van der Waals surface area contributed by atoms with Gasteiger partial charge in [0.1, 0.15) is 0 Å². The Morgan fingerprint density at radius 2 is 1.84 bits per heavy atom. The van der Waals surface area contributed by atoms with Gasteiger partial charge in [0.15, 0.2) is 5.82 Å². The predicted octanol–water partition coefficient (Wildman–Crippen LogP) is 2.29. The number of aliphatic hydroxyl groups is 1. The highest BCUT2D eigenvalue weighted by Gasteiger charge is 2.16. The van der Waals surface area contributed by atoms with Gasteiger partial charge in [-0.3, -0.25) is 4.79 Å². The van der Waals surface area contributed by atoms with Crippen molar-refractivity contribution in [3.05, 3.63) is 65.5 Å². The molecule has 0 aliphatic heterocycles. The highest BCUT2D eigenvalue weighted by molar-refractivity contribution is 6.08. The van der Waals surface area contributed by atoms with Gasteiger partial charge >= 0.3 is 0 Å². The van der Waals surface area contributed by atoms with Crippen molar-refractivity contribution in [1.82, 2.24) is 9.97 Å². The average Bonchev–Trinajstić information content (AvgIpc) is 2.90. The monoisotopic (exact) mass is 252 g/mol. The van der Waals surface area contributed by atoms with Gasteiger partial charge in [-0.15, -0.1) is 0 Å². The van der Waals surface area contributed by atoms with Crippen molar-refractivity contribution < 1.29 is 9.90 Å². The zero-order valence-corrected chi connectivity index (χ0v) is 10.1. The van der Waals surface area contributed by atoms with Crippen molar-refractivity contribution in [2.45, 2.75) is 6.61 Å². The van der Waals surface area contributed by atoms with Gasteiger partial charge in [-0.2, -0.15) is 0 Å². The molecule has 0 saturated heterocycles. The van der Waals surface area contributed by atoms with Crippen LogP contribution in [0.4, 0.5) is 0 Å². The second-order valence-electron chi connectivity index (χ2n) is 4.25. The number of hydrogen-bond donors (Lipinski definition) is 2. The van der Waals surface area contributed by atoms with Crippen molar-refractivity contribution in [2.75, 3.05) is 0 Å². The Morgan fingerprint density at radius 1 is 1.11 bits per heavy atom. The minimum atomic E-state index is -0.208. The molecule has 0 saturated carbocycles. The van der Waals surface area contributed by atoms with Crippen LogP contribution in [0.3, 0.4) is 0 Å². The number of aromatic amines is 1. The third-order valence-corrected chi connectivity index (χ3v) is 3.04. The van der Waals surface area contributed by atoms with Crippen LogP contribution in [0, 0.1) is 0 Å². The van der Waals surface area contributed by atoms with E-state index in [4.69, 9.17) is 0 Å². The van der Waals surface area contributed by atoms with Crippen molar-refractivity contribution in [3.63, 3.8) is 0 Å². The number of imidazole rings is 1. The third-order valence-electron chi connectivity index (χ3n) is 3.04. The van der Waals surface area contributed by atoms with Crippen molar-refractivity contribution in [2.24, 2.45) is 0 Å². The summed E-state index contributed by atoms with van der Waals surface area (Å²) in [5.74, 6) is 0.0861. The standard InChI is InChI=1S/C15H12N2O2/c18-9-10-5-1-2-6-11(10)14(19)15-16-12-7-3-4-8-13(12)17-15/h1-8,18H,9H2,(H,16,17). The number of hydrogen-bond acceptors (Lipinski definition) is 3. The molecule has 1 heterocycles. The number of H-pyrrole nitrogens is 1. The molecule has 0 aliphatic rings. The molecular weight excluding hydrogens is 240 g/mol.